The van der Waals surface area contributed by atoms with E-state index in [1.54, 1.807) is 48.5 Å². The predicted octanol–water partition coefficient (Wildman–Crippen LogP) is 5.90. The molecule has 0 aliphatic heterocycles. The number of benzene rings is 3. The summed E-state index contributed by atoms with van der Waals surface area (Å²) in [7, 11) is 0. The Kier molecular flexibility index (Phi) is 8.64. The van der Waals surface area contributed by atoms with Crippen molar-refractivity contribution in [1.29, 1.82) is 0 Å². The normalized spacial score (nSPS) is 9.88. The van der Waals surface area contributed by atoms with Crippen molar-refractivity contribution in [3.63, 3.8) is 0 Å². The Hall–Kier alpha value is -4.78. The Bertz CT molecular complexity index is 1130. The quantitative estimate of drug-likeness (QED) is 0.222. The Balaban J connectivity index is 1.54. The first kappa shape index (κ1) is 23.9. The molecule has 0 fully saturated rings. The zero-order chi connectivity index (χ0) is 24.2. The van der Waals surface area contributed by atoms with Crippen LogP contribution in [0.3, 0.4) is 0 Å². The third kappa shape index (κ3) is 7.13. The van der Waals surface area contributed by atoms with Crippen LogP contribution in [0.15, 0.2) is 83.0 Å². The van der Waals surface area contributed by atoms with Gasteiger partial charge in [-0.3, -0.25) is 9.59 Å². The molecule has 0 saturated carbocycles. The molecule has 0 spiro atoms. The summed E-state index contributed by atoms with van der Waals surface area (Å²) in [5.41, 5.74) is 20.8. The molecule has 3 aromatic rings. The number of hydrogen-bond acceptors (Lipinski definition) is 4. The minimum atomic E-state index is -0.287. The monoisotopic (exact) mass is 454 g/mol. The first-order valence-corrected chi connectivity index (χ1v) is 10.5. The number of hydrogen-bond donors (Lipinski definition) is 2. The second-order valence-electron chi connectivity index (χ2n) is 7.29. The number of carbonyl (C=O) groups excluding carboxylic acids is 2. The van der Waals surface area contributed by atoms with Crippen LogP contribution in [-0.2, 0) is 12.8 Å². The lowest BCUT2D eigenvalue weighted by Crippen LogP contribution is -2.14. The molecule has 34 heavy (non-hydrogen) atoms. The molecule has 170 valence electrons. The van der Waals surface area contributed by atoms with Crippen LogP contribution in [0.1, 0.15) is 31.8 Å². The standard InChI is InChI=1S/C24H22N8O2/c25-31-27-15-13-17-1-9-21(10-2-17)29-23(33)19-5-7-20(8-6-19)24(34)30-22-11-3-18(4-12-22)14-16-28-32-26/h1-12H,13-16H2,(H,29,33)(H,30,34). The van der Waals surface area contributed by atoms with Gasteiger partial charge in [-0.25, -0.2) is 0 Å². The summed E-state index contributed by atoms with van der Waals surface area (Å²) in [5, 5.41) is 12.6. The van der Waals surface area contributed by atoms with E-state index < -0.39 is 0 Å². The largest absolute Gasteiger partial charge is 0.322 e. The molecule has 0 aliphatic rings. The van der Waals surface area contributed by atoms with Gasteiger partial charge in [0.05, 0.1) is 0 Å². The van der Waals surface area contributed by atoms with Gasteiger partial charge in [-0.1, -0.05) is 34.5 Å². The molecule has 0 heterocycles. The Morgan fingerprint density at radius 3 is 1.29 bits per heavy atom. The third-order valence-corrected chi connectivity index (χ3v) is 4.96. The van der Waals surface area contributed by atoms with Gasteiger partial charge in [-0.15, -0.1) is 0 Å². The summed E-state index contributed by atoms with van der Waals surface area (Å²) in [6, 6.07) is 21.0. The molecule has 2 N–H and O–H groups in total. The number of rotatable bonds is 10. The Morgan fingerprint density at radius 1 is 0.618 bits per heavy atom. The van der Waals surface area contributed by atoms with Gasteiger partial charge >= 0.3 is 0 Å². The maximum atomic E-state index is 12.5. The van der Waals surface area contributed by atoms with E-state index in [1.165, 1.54) is 0 Å². The van der Waals surface area contributed by atoms with Gasteiger partial charge in [0, 0.05) is 45.4 Å². The van der Waals surface area contributed by atoms with E-state index in [-0.39, 0.29) is 11.8 Å². The molecule has 0 atom stereocenters. The molecule has 0 saturated heterocycles. The molecule has 0 aromatic heterocycles. The average molecular weight is 454 g/mol. The van der Waals surface area contributed by atoms with Gasteiger partial charge in [0.1, 0.15) is 0 Å². The van der Waals surface area contributed by atoms with Crippen LogP contribution in [0.25, 0.3) is 20.9 Å². The minimum absolute atomic E-state index is 0.287. The second kappa shape index (κ2) is 12.3. The number of nitrogens with one attached hydrogen (secondary N) is 2. The van der Waals surface area contributed by atoms with Crippen molar-refractivity contribution in [1.82, 2.24) is 0 Å². The lowest BCUT2D eigenvalue weighted by molar-refractivity contribution is 0.101. The highest BCUT2D eigenvalue weighted by Gasteiger charge is 2.10. The smallest absolute Gasteiger partial charge is 0.255 e. The molecule has 2 amide bonds. The highest BCUT2D eigenvalue weighted by molar-refractivity contribution is 6.07. The van der Waals surface area contributed by atoms with Gasteiger partial charge < -0.3 is 10.6 Å². The molecule has 10 nitrogen and oxygen atoms in total. The third-order valence-electron chi connectivity index (χ3n) is 4.96. The maximum Gasteiger partial charge on any atom is 0.255 e. The Labute approximate surface area is 195 Å². The molecular weight excluding hydrogens is 432 g/mol. The first-order valence-electron chi connectivity index (χ1n) is 10.5. The molecule has 0 radical (unpaired) electrons. The fourth-order valence-electron chi connectivity index (χ4n) is 3.14. The Morgan fingerprint density at radius 2 is 0.971 bits per heavy atom. The summed E-state index contributed by atoms with van der Waals surface area (Å²) in [4.78, 5) is 30.5. The predicted molar refractivity (Wildman–Crippen MR) is 131 cm³/mol. The number of anilines is 2. The van der Waals surface area contributed by atoms with E-state index in [4.69, 9.17) is 11.1 Å². The fraction of sp³-hybridized carbons (Fsp3) is 0.167. The summed E-state index contributed by atoms with van der Waals surface area (Å²) in [6.45, 7) is 0.763. The summed E-state index contributed by atoms with van der Waals surface area (Å²) in [6.07, 6.45) is 1.26. The summed E-state index contributed by atoms with van der Waals surface area (Å²) >= 11 is 0. The van der Waals surface area contributed by atoms with Gasteiger partial charge in [0.2, 0.25) is 0 Å². The summed E-state index contributed by atoms with van der Waals surface area (Å²) in [5.74, 6) is -0.574. The molecule has 3 rings (SSSR count). The number of nitrogens with zero attached hydrogens (tertiary/aromatic N) is 6. The first-order chi connectivity index (χ1) is 16.6. The number of azide groups is 2. The van der Waals surface area contributed by atoms with E-state index in [1.807, 2.05) is 24.3 Å². The van der Waals surface area contributed by atoms with Gasteiger partial charge in [-0.2, -0.15) is 0 Å². The fourth-order valence-corrected chi connectivity index (χ4v) is 3.14. The molecule has 3 aromatic carbocycles. The zero-order valence-electron chi connectivity index (χ0n) is 18.3. The molecule has 0 aliphatic carbocycles. The molecule has 0 unspecified atom stereocenters. The zero-order valence-corrected chi connectivity index (χ0v) is 18.3. The van der Waals surface area contributed by atoms with Crippen molar-refractivity contribution in [2.24, 2.45) is 10.2 Å². The van der Waals surface area contributed by atoms with Crippen LogP contribution >= 0.6 is 0 Å². The highest BCUT2D eigenvalue weighted by atomic mass is 16.2. The number of carbonyl (C=O) groups is 2. The van der Waals surface area contributed by atoms with Crippen molar-refractivity contribution in [2.45, 2.75) is 12.8 Å². The van der Waals surface area contributed by atoms with Crippen LogP contribution in [0.4, 0.5) is 11.4 Å². The van der Waals surface area contributed by atoms with Crippen molar-refractivity contribution >= 4 is 23.2 Å². The van der Waals surface area contributed by atoms with Crippen LogP contribution < -0.4 is 10.6 Å². The van der Waals surface area contributed by atoms with E-state index in [0.29, 0.717) is 48.4 Å². The average Bonchev–Trinajstić information content (AvgIpc) is 2.86. The van der Waals surface area contributed by atoms with Crippen molar-refractivity contribution in [3.05, 3.63) is 116 Å². The van der Waals surface area contributed by atoms with Crippen LogP contribution in [0.5, 0.6) is 0 Å². The molecule has 0 bridgehead atoms. The van der Waals surface area contributed by atoms with Crippen LogP contribution in [0, 0.1) is 0 Å². The van der Waals surface area contributed by atoms with Gasteiger partial charge in [-0.05, 0) is 83.6 Å². The van der Waals surface area contributed by atoms with E-state index in [0.717, 1.165) is 11.1 Å². The van der Waals surface area contributed by atoms with Crippen molar-refractivity contribution in [3.8, 4) is 0 Å². The lowest BCUT2D eigenvalue weighted by Gasteiger charge is -2.08. The summed E-state index contributed by atoms with van der Waals surface area (Å²) < 4.78 is 0. The second-order valence-corrected chi connectivity index (χ2v) is 7.29. The van der Waals surface area contributed by atoms with Crippen molar-refractivity contribution < 1.29 is 9.59 Å². The van der Waals surface area contributed by atoms with Gasteiger partial charge in [0.15, 0.2) is 0 Å². The van der Waals surface area contributed by atoms with Gasteiger partial charge in [0.25, 0.3) is 11.8 Å². The van der Waals surface area contributed by atoms with E-state index in [9.17, 15) is 9.59 Å². The molecule has 10 heteroatoms. The van der Waals surface area contributed by atoms with E-state index >= 15 is 0 Å². The number of amides is 2. The lowest BCUT2D eigenvalue weighted by atomic mass is 10.1. The van der Waals surface area contributed by atoms with Crippen molar-refractivity contribution in [2.75, 3.05) is 23.7 Å². The van der Waals surface area contributed by atoms with E-state index in [2.05, 4.69) is 30.7 Å². The maximum absolute atomic E-state index is 12.5. The molecular formula is C24H22N8O2. The highest BCUT2D eigenvalue weighted by Crippen LogP contribution is 2.15. The van der Waals surface area contributed by atoms with Crippen LogP contribution in [-0.4, -0.2) is 24.9 Å². The van der Waals surface area contributed by atoms with Crippen LogP contribution in [0.2, 0.25) is 0 Å². The topological polar surface area (TPSA) is 156 Å². The minimum Gasteiger partial charge on any atom is -0.322 e. The SMILES string of the molecule is [N-]=[N+]=NCCc1ccc(NC(=O)c2ccc(C(=O)Nc3ccc(CCN=[N+]=[N-])cc3)cc2)cc1.